The number of esters is 1. The minimum Gasteiger partial charge on any atom is -0.458 e. The van der Waals surface area contributed by atoms with E-state index in [0.29, 0.717) is 22.5 Å². The molecule has 0 radical (unpaired) electrons. The van der Waals surface area contributed by atoms with Crippen LogP contribution in [0.5, 0.6) is 0 Å². The molecule has 0 spiro atoms. The van der Waals surface area contributed by atoms with E-state index in [1.807, 2.05) is 0 Å². The molecule has 3 aromatic rings. The molecule has 8 nitrogen and oxygen atoms in total. The monoisotopic (exact) mass is 524 g/mol. The summed E-state index contributed by atoms with van der Waals surface area (Å²) < 4.78 is 58.2. The number of carbonyl (C=O) groups excluding carboxylic acids is 1. The highest BCUT2D eigenvalue weighted by Gasteiger charge is 2.32. The van der Waals surface area contributed by atoms with Crippen molar-refractivity contribution in [2.75, 3.05) is 18.0 Å². The van der Waals surface area contributed by atoms with Gasteiger partial charge in [0.25, 0.3) is 0 Å². The molecular weight excluding hydrogens is 504 g/mol. The van der Waals surface area contributed by atoms with Crippen molar-refractivity contribution >= 4 is 28.8 Å². The van der Waals surface area contributed by atoms with Crippen LogP contribution in [0, 0.1) is 5.82 Å². The van der Waals surface area contributed by atoms with Crippen molar-refractivity contribution in [3.63, 3.8) is 0 Å². The maximum atomic E-state index is 13.2. The van der Waals surface area contributed by atoms with Gasteiger partial charge in [0.05, 0.1) is 19.2 Å². The van der Waals surface area contributed by atoms with Crippen LogP contribution in [-0.2, 0) is 28.9 Å². The summed E-state index contributed by atoms with van der Waals surface area (Å²) >= 11 is 0.485. The van der Waals surface area contributed by atoms with Crippen molar-refractivity contribution < 1.29 is 32.2 Å². The molecule has 1 aromatic carbocycles. The van der Waals surface area contributed by atoms with E-state index in [2.05, 4.69) is 9.97 Å². The molecule has 0 amide bonds. The van der Waals surface area contributed by atoms with Gasteiger partial charge in [0, 0.05) is 18.3 Å². The molecule has 190 valence electrons. The first-order valence-corrected chi connectivity index (χ1v) is 11.5. The lowest BCUT2D eigenvalue weighted by molar-refractivity contribution is -0.142. The van der Waals surface area contributed by atoms with Crippen molar-refractivity contribution in [2.45, 2.75) is 32.4 Å². The Hall–Kier alpha value is -3.58. The van der Waals surface area contributed by atoms with Gasteiger partial charge in [-0.1, -0.05) is 18.2 Å². The molecule has 1 N–H and O–H groups in total. The summed E-state index contributed by atoms with van der Waals surface area (Å²) in [6, 6.07) is 7.83. The van der Waals surface area contributed by atoms with Gasteiger partial charge in [-0.3, -0.25) is 9.36 Å². The SMILES string of the molecule is CC(=O)OCc1nc(N2CC=C(c3ccc(F)cc3)C(O)C2)nc(=O)n1Cc1ccc(C(F)(F)F)s1. The van der Waals surface area contributed by atoms with E-state index in [1.54, 1.807) is 18.2 Å². The molecule has 0 bridgehead atoms. The highest BCUT2D eigenvalue weighted by Crippen LogP contribution is 2.35. The quantitative estimate of drug-likeness (QED) is 0.391. The second-order valence-corrected chi connectivity index (χ2v) is 9.11. The van der Waals surface area contributed by atoms with E-state index >= 15 is 0 Å². The Bertz CT molecular complexity index is 1350. The third-order valence-corrected chi connectivity index (χ3v) is 6.49. The molecule has 3 heterocycles. The van der Waals surface area contributed by atoms with Gasteiger partial charge >= 0.3 is 17.8 Å². The number of ether oxygens (including phenoxy) is 1. The Labute approximate surface area is 206 Å². The molecule has 36 heavy (non-hydrogen) atoms. The summed E-state index contributed by atoms with van der Waals surface area (Å²) in [6.07, 6.45) is -3.80. The minimum absolute atomic E-state index is 0.00930. The first kappa shape index (κ1) is 25.5. The van der Waals surface area contributed by atoms with E-state index < -0.39 is 41.2 Å². The number of nitrogens with zero attached hydrogens (tertiary/aromatic N) is 4. The number of aliphatic hydroxyl groups is 1. The number of hydrogen-bond acceptors (Lipinski definition) is 8. The van der Waals surface area contributed by atoms with Gasteiger partial charge in [0.2, 0.25) is 5.95 Å². The van der Waals surface area contributed by atoms with Crippen LogP contribution in [0.4, 0.5) is 23.5 Å². The van der Waals surface area contributed by atoms with Crippen LogP contribution in [-0.4, -0.2) is 44.8 Å². The normalized spacial score (nSPS) is 16.1. The lowest BCUT2D eigenvalue weighted by Crippen LogP contribution is -2.41. The van der Waals surface area contributed by atoms with E-state index in [1.165, 1.54) is 30.0 Å². The van der Waals surface area contributed by atoms with Gasteiger partial charge in [-0.25, -0.2) is 9.18 Å². The number of rotatable bonds is 6. The van der Waals surface area contributed by atoms with Gasteiger partial charge in [-0.15, -0.1) is 11.3 Å². The summed E-state index contributed by atoms with van der Waals surface area (Å²) in [5, 5.41) is 10.7. The zero-order valence-electron chi connectivity index (χ0n) is 18.8. The molecule has 0 saturated heterocycles. The third kappa shape index (κ3) is 5.79. The van der Waals surface area contributed by atoms with Gasteiger partial charge in [-0.05, 0) is 35.4 Å². The molecule has 0 saturated carbocycles. The number of thiophene rings is 1. The molecule has 13 heteroatoms. The average molecular weight is 524 g/mol. The zero-order valence-corrected chi connectivity index (χ0v) is 19.6. The van der Waals surface area contributed by atoms with E-state index in [9.17, 15) is 32.3 Å². The molecule has 2 aromatic heterocycles. The summed E-state index contributed by atoms with van der Waals surface area (Å²) in [4.78, 5) is 33.5. The molecule has 1 aliphatic rings. The van der Waals surface area contributed by atoms with Crippen molar-refractivity contribution in [3.8, 4) is 0 Å². The standard InChI is InChI=1S/C23H20F4N4O4S/c1-13(32)35-12-20-28-21(29-22(34)31(20)10-16-6-7-19(36-16)23(25,26)27)30-9-8-17(18(33)11-30)14-2-4-15(24)5-3-14/h2-8,18,33H,9-12H2,1H3. The first-order valence-electron chi connectivity index (χ1n) is 10.7. The number of benzene rings is 1. The number of β-amino-alcohol motifs (C(OH)–C–C–N with tert-alkyl or cyclic N) is 1. The number of anilines is 1. The number of aliphatic hydroxyl groups excluding tert-OH is 1. The fourth-order valence-electron chi connectivity index (χ4n) is 3.65. The molecule has 0 aliphatic carbocycles. The summed E-state index contributed by atoms with van der Waals surface area (Å²) in [7, 11) is 0. The van der Waals surface area contributed by atoms with Crippen LogP contribution in [0.1, 0.15) is 28.1 Å². The van der Waals surface area contributed by atoms with Gasteiger partial charge in [-0.2, -0.15) is 23.1 Å². The summed E-state index contributed by atoms with van der Waals surface area (Å²) in [5.74, 6) is -1.08. The van der Waals surface area contributed by atoms with Crippen LogP contribution in [0.2, 0.25) is 0 Å². The highest BCUT2D eigenvalue weighted by molar-refractivity contribution is 7.12. The lowest BCUT2D eigenvalue weighted by atomic mass is 9.97. The predicted molar refractivity (Wildman–Crippen MR) is 123 cm³/mol. The first-order chi connectivity index (χ1) is 17.0. The van der Waals surface area contributed by atoms with E-state index in [4.69, 9.17) is 4.74 Å². The topological polar surface area (TPSA) is 97.6 Å². The predicted octanol–water partition coefficient (Wildman–Crippen LogP) is 3.23. The zero-order chi connectivity index (χ0) is 26.0. The third-order valence-electron chi connectivity index (χ3n) is 5.37. The van der Waals surface area contributed by atoms with Gasteiger partial charge in [0.1, 0.15) is 17.3 Å². The molecular formula is C23H20F4N4O4S. The van der Waals surface area contributed by atoms with Gasteiger partial charge < -0.3 is 14.7 Å². The molecule has 0 fully saturated rings. The van der Waals surface area contributed by atoms with Crippen molar-refractivity contribution in [3.05, 3.63) is 79.9 Å². The Morgan fingerprint density at radius 3 is 2.53 bits per heavy atom. The largest absolute Gasteiger partial charge is 0.458 e. The number of halogens is 4. The summed E-state index contributed by atoms with van der Waals surface area (Å²) in [5.41, 5.74) is 0.425. The minimum atomic E-state index is -4.51. The van der Waals surface area contributed by atoms with Crippen LogP contribution < -0.4 is 10.6 Å². The van der Waals surface area contributed by atoms with Crippen LogP contribution in [0.25, 0.3) is 5.57 Å². The smallest absolute Gasteiger partial charge is 0.425 e. The second-order valence-electron chi connectivity index (χ2n) is 7.94. The fourth-order valence-corrected chi connectivity index (χ4v) is 4.51. The fraction of sp³-hybridized carbons (Fsp3) is 0.304. The Balaban J connectivity index is 1.62. The lowest BCUT2D eigenvalue weighted by Gasteiger charge is -2.30. The van der Waals surface area contributed by atoms with Crippen LogP contribution in [0.3, 0.4) is 0 Å². The van der Waals surface area contributed by atoms with E-state index in [0.717, 1.165) is 10.6 Å². The number of alkyl halides is 3. The van der Waals surface area contributed by atoms with Crippen molar-refractivity contribution in [2.24, 2.45) is 0 Å². The number of aromatic nitrogens is 3. The maximum absolute atomic E-state index is 13.2. The van der Waals surface area contributed by atoms with Gasteiger partial charge in [0.15, 0.2) is 5.82 Å². The molecule has 1 unspecified atom stereocenters. The highest BCUT2D eigenvalue weighted by atomic mass is 32.1. The molecule has 1 atom stereocenters. The summed E-state index contributed by atoms with van der Waals surface area (Å²) in [6.45, 7) is 0.778. The van der Waals surface area contributed by atoms with Crippen LogP contribution >= 0.6 is 11.3 Å². The van der Waals surface area contributed by atoms with E-state index in [-0.39, 0.29) is 36.3 Å². The van der Waals surface area contributed by atoms with Crippen LogP contribution in [0.15, 0.2) is 47.3 Å². The Kier molecular flexibility index (Phi) is 7.22. The van der Waals surface area contributed by atoms with Crippen molar-refractivity contribution in [1.82, 2.24) is 14.5 Å². The Morgan fingerprint density at radius 2 is 1.92 bits per heavy atom. The Morgan fingerprint density at radius 1 is 1.19 bits per heavy atom. The molecule has 4 rings (SSSR count). The van der Waals surface area contributed by atoms with Crippen molar-refractivity contribution in [1.29, 1.82) is 0 Å². The number of hydrogen-bond donors (Lipinski definition) is 1. The second kappa shape index (κ2) is 10.2. The average Bonchev–Trinajstić information content (AvgIpc) is 3.29. The number of carbonyl (C=O) groups is 1. The molecule has 1 aliphatic heterocycles. The maximum Gasteiger partial charge on any atom is 0.425 e.